The van der Waals surface area contributed by atoms with Gasteiger partial charge in [-0.2, -0.15) is 0 Å². The van der Waals surface area contributed by atoms with E-state index in [0.717, 1.165) is 17.5 Å². The first-order valence-electron chi connectivity index (χ1n) is 8.99. The van der Waals surface area contributed by atoms with Crippen molar-refractivity contribution in [3.8, 4) is 0 Å². The van der Waals surface area contributed by atoms with Crippen LogP contribution in [0.25, 0.3) is 10.9 Å². The summed E-state index contributed by atoms with van der Waals surface area (Å²) >= 11 is 0. The molecular formula is C22H19N3O3. The molecule has 0 unspecified atom stereocenters. The van der Waals surface area contributed by atoms with Gasteiger partial charge in [-0.3, -0.25) is 9.59 Å². The number of nitrogens with one attached hydrogen (secondary N) is 3. The Labute approximate surface area is 161 Å². The van der Waals surface area contributed by atoms with E-state index < -0.39 is 0 Å². The van der Waals surface area contributed by atoms with Crippen LogP contribution in [0.15, 0.2) is 77.5 Å². The van der Waals surface area contributed by atoms with Crippen molar-refractivity contribution in [1.82, 2.24) is 10.3 Å². The quantitative estimate of drug-likeness (QED) is 0.478. The molecule has 0 spiro atoms. The van der Waals surface area contributed by atoms with E-state index in [1.165, 1.54) is 11.6 Å². The molecule has 0 saturated carbocycles. The van der Waals surface area contributed by atoms with Crippen molar-refractivity contribution in [3.63, 3.8) is 0 Å². The molecule has 0 radical (unpaired) electrons. The molecule has 0 fully saturated rings. The molecule has 4 aromatic rings. The third kappa shape index (κ3) is 3.81. The predicted molar refractivity (Wildman–Crippen MR) is 107 cm³/mol. The molecule has 6 heteroatoms. The average Bonchev–Trinajstić information content (AvgIpc) is 3.39. The Morgan fingerprint density at radius 3 is 2.71 bits per heavy atom. The van der Waals surface area contributed by atoms with Gasteiger partial charge < -0.3 is 20.0 Å². The number of hydrogen-bond donors (Lipinski definition) is 3. The van der Waals surface area contributed by atoms with Gasteiger partial charge in [0, 0.05) is 34.9 Å². The summed E-state index contributed by atoms with van der Waals surface area (Å²) in [4.78, 5) is 27.7. The van der Waals surface area contributed by atoms with Crippen LogP contribution in [0.3, 0.4) is 0 Å². The lowest BCUT2D eigenvalue weighted by Crippen LogP contribution is -2.25. The van der Waals surface area contributed by atoms with E-state index >= 15 is 0 Å². The van der Waals surface area contributed by atoms with Crippen LogP contribution in [0.2, 0.25) is 0 Å². The smallest absolute Gasteiger partial charge is 0.291 e. The number of para-hydroxylation sites is 1. The van der Waals surface area contributed by atoms with Crippen LogP contribution >= 0.6 is 0 Å². The minimum atomic E-state index is -0.359. The molecule has 0 aliphatic heterocycles. The molecule has 2 aromatic heterocycles. The lowest BCUT2D eigenvalue weighted by molar-refractivity contribution is 0.0952. The van der Waals surface area contributed by atoms with Crippen LogP contribution in [0.4, 0.5) is 5.69 Å². The number of fused-ring (bicyclic) bond motifs is 1. The molecule has 0 saturated heterocycles. The van der Waals surface area contributed by atoms with Gasteiger partial charge in [0.25, 0.3) is 11.8 Å². The zero-order valence-corrected chi connectivity index (χ0v) is 15.1. The van der Waals surface area contributed by atoms with Crippen molar-refractivity contribution < 1.29 is 14.0 Å². The maximum absolute atomic E-state index is 12.5. The predicted octanol–water partition coefficient (Wildman–Crippen LogP) is 3.99. The first-order chi connectivity index (χ1) is 13.7. The second kappa shape index (κ2) is 7.84. The molecule has 6 nitrogen and oxygen atoms in total. The van der Waals surface area contributed by atoms with E-state index in [2.05, 4.69) is 21.7 Å². The van der Waals surface area contributed by atoms with Crippen LogP contribution in [0.5, 0.6) is 0 Å². The van der Waals surface area contributed by atoms with Gasteiger partial charge in [0.15, 0.2) is 5.76 Å². The second-order valence-electron chi connectivity index (χ2n) is 6.38. The average molecular weight is 373 g/mol. The van der Waals surface area contributed by atoms with Crippen molar-refractivity contribution in [3.05, 3.63) is 90.0 Å². The largest absolute Gasteiger partial charge is 0.459 e. The molecule has 2 aromatic carbocycles. The Hall–Kier alpha value is -3.80. The van der Waals surface area contributed by atoms with Crippen molar-refractivity contribution in [1.29, 1.82) is 0 Å². The number of benzene rings is 2. The Balaban J connectivity index is 1.36. The van der Waals surface area contributed by atoms with E-state index in [0.29, 0.717) is 17.8 Å². The van der Waals surface area contributed by atoms with Gasteiger partial charge in [0.1, 0.15) is 0 Å². The summed E-state index contributed by atoms with van der Waals surface area (Å²) in [7, 11) is 0. The van der Waals surface area contributed by atoms with Crippen LogP contribution in [-0.4, -0.2) is 23.3 Å². The summed E-state index contributed by atoms with van der Waals surface area (Å²) in [6.45, 7) is 0.518. The number of carbonyl (C=O) groups excluding carboxylic acids is 2. The summed E-state index contributed by atoms with van der Waals surface area (Å²) in [6.07, 6.45) is 4.14. The Morgan fingerprint density at radius 2 is 1.86 bits per heavy atom. The number of H-pyrrole nitrogens is 1. The highest BCUT2D eigenvalue weighted by Crippen LogP contribution is 2.18. The Morgan fingerprint density at radius 1 is 0.964 bits per heavy atom. The van der Waals surface area contributed by atoms with Gasteiger partial charge in [-0.1, -0.05) is 24.3 Å². The minimum Gasteiger partial charge on any atom is -0.459 e. The minimum absolute atomic E-state index is 0.186. The third-order valence-corrected chi connectivity index (χ3v) is 4.48. The highest BCUT2D eigenvalue weighted by atomic mass is 16.3. The molecule has 3 N–H and O–H groups in total. The molecule has 2 heterocycles. The van der Waals surface area contributed by atoms with Gasteiger partial charge in [-0.15, -0.1) is 0 Å². The van der Waals surface area contributed by atoms with Gasteiger partial charge in [0.05, 0.1) is 6.26 Å². The summed E-state index contributed by atoms with van der Waals surface area (Å²) < 4.78 is 5.07. The van der Waals surface area contributed by atoms with Crippen molar-refractivity contribution in [2.75, 3.05) is 11.9 Å². The Kier molecular flexibility index (Phi) is 4.93. The number of amides is 2. The molecule has 0 bridgehead atoms. The number of rotatable bonds is 6. The molecule has 28 heavy (non-hydrogen) atoms. The number of hydrogen-bond acceptors (Lipinski definition) is 3. The number of aromatic nitrogens is 1. The summed E-state index contributed by atoms with van der Waals surface area (Å²) in [6, 6.07) is 18.1. The zero-order valence-electron chi connectivity index (χ0n) is 15.1. The van der Waals surface area contributed by atoms with E-state index in [4.69, 9.17) is 4.42 Å². The highest BCUT2D eigenvalue weighted by molar-refractivity contribution is 6.03. The molecule has 140 valence electrons. The standard InChI is InChI=1S/C22H19N3O3/c26-21(23-11-10-16-14-24-19-8-2-1-7-18(16)19)15-5-3-6-17(13-15)25-22(27)20-9-4-12-28-20/h1-9,12-14,24H,10-11H2,(H,23,26)(H,25,27). The highest BCUT2D eigenvalue weighted by Gasteiger charge is 2.11. The van der Waals surface area contributed by atoms with Gasteiger partial charge >= 0.3 is 0 Å². The fourth-order valence-corrected chi connectivity index (χ4v) is 3.09. The van der Waals surface area contributed by atoms with E-state index in [9.17, 15) is 9.59 Å². The van der Waals surface area contributed by atoms with Crippen LogP contribution < -0.4 is 10.6 Å². The number of carbonyl (C=O) groups is 2. The van der Waals surface area contributed by atoms with E-state index in [1.54, 1.807) is 36.4 Å². The molecule has 0 aliphatic carbocycles. The third-order valence-electron chi connectivity index (χ3n) is 4.48. The van der Waals surface area contributed by atoms with Gasteiger partial charge in [-0.05, 0) is 48.4 Å². The van der Waals surface area contributed by atoms with Crippen LogP contribution in [-0.2, 0) is 6.42 Å². The van der Waals surface area contributed by atoms with Crippen molar-refractivity contribution >= 4 is 28.4 Å². The summed E-state index contributed by atoms with van der Waals surface area (Å²) in [5, 5.41) is 6.81. The number of furan rings is 1. The lowest BCUT2D eigenvalue weighted by Gasteiger charge is -2.08. The zero-order chi connectivity index (χ0) is 19.3. The lowest BCUT2D eigenvalue weighted by atomic mass is 10.1. The molecule has 0 atom stereocenters. The SMILES string of the molecule is O=C(NCCc1c[nH]c2ccccc12)c1cccc(NC(=O)c2ccco2)c1. The second-order valence-corrected chi connectivity index (χ2v) is 6.38. The van der Waals surface area contributed by atoms with Crippen LogP contribution in [0, 0.1) is 0 Å². The fraction of sp³-hybridized carbons (Fsp3) is 0.0909. The number of anilines is 1. The summed E-state index contributed by atoms with van der Waals surface area (Å²) in [5.41, 5.74) is 3.26. The molecule has 4 rings (SSSR count). The van der Waals surface area contributed by atoms with E-state index in [1.807, 2.05) is 24.4 Å². The van der Waals surface area contributed by atoms with Crippen LogP contribution in [0.1, 0.15) is 26.5 Å². The van der Waals surface area contributed by atoms with Gasteiger partial charge in [0.2, 0.25) is 0 Å². The monoisotopic (exact) mass is 373 g/mol. The molecular weight excluding hydrogens is 354 g/mol. The van der Waals surface area contributed by atoms with Gasteiger partial charge in [-0.25, -0.2) is 0 Å². The normalized spacial score (nSPS) is 10.7. The Bertz CT molecular complexity index is 1110. The molecule has 2 amide bonds. The maximum Gasteiger partial charge on any atom is 0.291 e. The van der Waals surface area contributed by atoms with E-state index in [-0.39, 0.29) is 17.6 Å². The van der Waals surface area contributed by atoms with Crippen molar-refractivity contribution in [2.45, 2.75) is 6.42 Å². The molecule has 0 aliphatic rings. The van der Waals surface area contributed by atoms with Crippen molar-refractivity contribution in [2.24, 2.45) is 0 Å². The topological polar surface area (TPSA) is 87.1 Å². The number of aromatic amines is 1. The fourth-order valence-electron chi connectivity index (χ4n) is 3.09. The maximum atomic E-state index is 12.5. The first-order valence-corrected chi connectivity index (χ1v) is 8.99. The summed E-state index contributed by atoms with van der Waals surface area (Å²) in [5.74, 6) is -0.329. The first kappa shape index (κ1) is 17.6.